The Morgan fingerprint density at radius 2 is 1.85 bits per heavy atom. The lowest BCUT2D eigenvalue weighted by atomic mass is 9.47. The first-order chi connectivity index (χ1) is 18.5. The molecule has 0 radical (unpaired) electrons. The Morgan fingerprint density at radius 3 is 2.56 bits per heavy atom. The van der Waals surface area contributed by atoms with Crippen molar-refractivity contribution in [1.29, 1.82) is 0 Å². The minimum atomic E-state index is -1.32. The van der Waals surface area contributed by atoms with E-state index in [0.29, 0.717) is 30.2 Å². The zero-order chi connectivity index (χ0) is 28.4. The van der Waals surface area contributed by atoms with Gasteiger partial charge >= 0.3 is 5.97 Å². The van der Waals surface area contributed by atoms with E-state index >= 15 is 0 Å². The summed E-state index contributed by atoms with van der Waals surface area (Å²) in [5.41, 5.74) is 1.24. The number of nitrogens with one attached hydrogen (secondary N) is 1. The molecule has 0 spiro atoms. The van der Waals surface area contributed by atoms with E-state index < -0.39 is 17.3 Å². The smallest absolute Gasteiger partial charge is 0.374 e. The van der Waals surface area contributed by atoms with Gasteiger partial charge in [-0.25, -0.2) is 4.79 Å². The summed E-state index contributed by atoms with van der Waals surface area (Å²) in [4.78, 5) is 24.3. The van der Waals surface area contributed by atoms with Gasteiger partial charge in [-0.1, -0.05) is 71.4 Å². The van der Waals surface area contributed by atoms with Crippen LogP contribution in [0.2, 0.25) is 0 Å². The number of carbonyl (C=O) groups excluding carboxylic acids is 1. The van der Waals surface area contributed by atoms with E-state index in [1.807, 2.05) is 0 Å². The fourth-order valence-electron chi connectivity index (χ4n) is 10.0. The van der Waals surface area contributed by atoms with Gasteiger partial charge in [0.2, 0.25) is 0 Å². The predicted octanol–water partition coefficient (Wildman–Crippen LogP) is 7.32. The standard InChI is InChI=1S/C34H57NO4/c1-6-7-8-9-21-35-34(5,30(37)31(38)39)18-10-11-23(2)27-14-15-28-26-13-12-24-22-25(36)16-19-32(24,3)29(26)17-20-33(27,28)4/h12,23,25-29,35-36H,6-11,13-22H2,1-5H3,(H,38,39)/t23?,25-,26-,27+,28-,29-,32-,33+,34?/m0/s1. The average Bonchev–Trinajstić information content (AvgIpc) is 3.25. The van der Waals surface area contributed by atoms with Crippen LogP contribution in [0.3, 0.4) is 0 Å². The molecule has 0 aromatic heterocycles. The van der Waals surface area contributed by atoms with Crippen molar-refractivity contribution >= 4 is 11.8 Å². The van der Waals surface area contributed by atoms with Crippen molar-refractivity contribution in [2.75, 3.05) is 6.54 Å². The number of rotatable bonds is 13. The topological polar surface area (TPSA) is 86.6 Å². The molecule has 4 rings (SSSR count). The van der Waals surface area contributed by atoms with Gasteiger partial charge in [0.1, 0.15) is 0 Å². The van der Waals surface area contributed by atoms with Crippen LogP contribution in [0.4, 0.5) is 0 Å². The lowest BCUT2D eigenvalue weighted by molar-refractivity contribution is -0.152. The number of hydrogen-bond acceptors (Lipinski definition) is 4. The molecule has 0 bridgehead atoms. The Bertz CT molecular complexity index is 915. The molecule has 3 fully saturated rings. The van der Waals surface area contributed by atoms with Gasteiger partial charge in [0, 0.05) is 0 Å². The molecule has 3 N–H and O–H groups in total. The van der Waals surface area contributed by atoms with E-state index in [2.05, 4.69) is 39.1 Å². The minimum Gasteiger partial charge on any atom is -0.475 e. The van der Waals surface area contributed by atoms with Crippen LogP contribution in [0.1, 0.15) is 131 Å². The molecule has 0 aromatic rings. The van der Waals surface area contributed by atoms with Crippen LogP contribution in [0.5, 0.6) is 0 Å². The highest BCUT2D eigenvalue weighted by Crippen LogP contribution is 2.67. The number of unbranched alkanes of at least 4 members (excludes halogenated alkanes) is 3. The second-order valence-electron chi connectivity index (χ2n) is 14.7. The third-order valence-corrected chi connectivity index (χ3v) is 12.4. The van der Waals surface area contributed by atoms with Crippen LogP contribution in [0, 0.1) is 40.4 Å². The fraction of sp³-hybridized carbons (Fsp3) is 0.882. The molecule has 0 amide bonds. The molecular formula is C34H57NO4. The largest absolute Gasteiger partial charge is 0.475 e. The molecule has 4 aliphatic carbocycles. The zero-order valence-corrected chi connectivity index (χ0v) is 25.6. The van der Waals surface area contributed by atoms with Gasteiger partial charge in [0.15, 0.2) is 0 Å². The van der Waals surface area contributed by atoms with Gasteiger partial charge < -0.3 is 15.5 Å². The van der Waals surface area contributed by atoms with Crippen molar-refractivity contribution in [1.82, 2.24) is 5.32 Å². The first-order valence-electron chi connectivity index (χ1n) is 16.4. The molecule has 2 unspecified atom stereocenters. The Hall–Kier alpha value is -1.20. The number of aliphatic hydroxyl groups excluding tert-OH is 1. The van der Waals surface area contributed by atoms with Gasteiger partial charge in [-0.05, 0) is 118 Å². The highest BCUT2D eigenvalue weighted by Gasteiger charge is 2.59. The molecular weight excluding hydrogens is 486 g/mol. The van der Waals surface area contributed by atoms with Gasteiger partial charge in [-0.2, -0.15) is 0 Å². The van der Waals surface area contributed by atoms with E-state index in [4.69, 9.17) is 0 Å². The molecule has 4 aliphatic rings. The van der Waals surface area contributed by atoms with Crippen LogP contribution in [0.25, 0.3) is 0 Å². The number of carbonyl (C=O) groups is 2. The van der Waals surface area contributed by atoms with E-state index in [9.17, 15) is 19.8 Å². The number of allylic oxidation sites excluding steroid dienone is 1. The fourth-order valence-corrected chi connectivity index (χ4v) is 10.0. The van der Waals surface area contributed by atoms with Crippen molar-refractivity contribution in [3.05, 3.63) is 11.6 Å². The van der Waals surface area contributed by atoms with Crippen LogP contribution in [-0.4, -0.2) is 40.2 Å². The van der Waals surface area contributed by atoms with Gasteiger partial charge in [-0.3, -0.25) is 4.79 Å². The molecule has 9 atom stereocenters. The Morgan fingerprint density at radius 1 is 1.08 bits per heavy atom. The highest BCUT2D eigenvalue weighted by molar-refractivity contribution is 6.36. The summed E-state index contributed by atoms with van der Waals surface area (Å²) in [7, 11) is 0. The lowest BCUT2D eigenvalue weighted by Crippen LogP contribution is -2.52. The molecule has 0 heterocycles. The summed E-state index contributed by atoms with van der Waals surface area (Å²) < 4.78 is 0. The summed E-state index contributed by atoms with van der Waals surface area (Å²) in [5.74, 6) is 1.61. The first kappa shape index (κ1) is 30.8. The maximum Gasteiger partial charge on any atom is 0.374 e. The molecule has 5 nitrogen and oxygen atoms in total. The summed E-state index contributed by atoms with van der Waals surface area (Å²) in [6, 6.07) is 0. The second kappa shape index (κ2) is 12.3. The number of carboxylic acid groups (broad SMARTS) is 1. The minimum absolute atomic E-state index is 0.143. The maximum atomic E-state index is 12.7. The van der Waals surface area contributed by atoms with E-state index in [0.717, 1.165) is 69.1 Å². The van der Waals surface area contributed by atoms with Crippen LogP contribution in [0.15, 0.2) is 11.6 Å². The van der Waals surface area contributed by atoms with Gasteiger partial charge in [0.25, 0.3) is 5.78 Å². The second-order valence-corrected chi connectivity index (χ2v) is 14.7. The lowest BCUT2D eigenvalue weighted by Gasteiger charge is -2.58. The molecule has 5 heteroatoms. The summed E-state index contributed by atoms with van der Waals surface area (Å²) in [5, 5.41) is 23.1. The molecule has 39 heavy (non-hydrogen) atoms. The summed E-state index contributed by atoms with van der Waals surface area (Å²) >= 11 is 0. The number of ketones is 1. The van der Waals surface area contributed by atoms with Crippen molar-refractivity contribution in [2.24, 2.45) is 40.4 Å². The van der Waals surface area contributed by atoms with Crippen molar-refractivity contribution in [2.45, 2.75) is 143 Å². The van der Waals surface area contributed by atoms with E-state index in [1.54, 1.807) is 12.5 Å². The maximum absolute atomic E-state index is 12.7. The summed E-state index contributed by atoms with van der Waals surface area (Å²) in [6.45, 7) is 12.2. The van der Waals surface area contributed by atoms with Crippen LogP contribution < -0.4 is 5.32 Å². The molecule has 0 aromatic carbocycles. The van der Waals surface area contributed by atoms with Crippen LogP contribution in [-0.2, 0) is 9.59 Å². The molecule has 3 saturated carbocycles. The number of aliphatic hydroxyl groups is 1. The first-order valence-corrected chi connectivity index (χ1v) is 16.4. The molecule has 0 saturated heterocycles. The summed E-state index contributed by atoms with van der Waals surface area (Å²) in [6.07, 6.45) is 18.8. The van der Waals surface area contributed by atoms with E-state index in [-0.39, 0.29) is 11.5 Å². The Labute approximate surface area is 238 Å². The SMILES string of the molecule is CCCCCCNC(C)(CCCC(C)[C@H]1CC[C@H]2[C@@H]3CC=C4C[C@@H](O)CC[C@]4(C)[C@H]3CC[C@]12C)C(=O)C(=O)O. The normalized spacial score (nSPS) is 38.1. The number of fused-ring (bicyclic) bond motifs is 5. The van der Waals surface area contributed by atoms with Crippen molar-refractivity contribution < 1.29 is 19.8 Å². The zero-order valence-electron chi connectivity index (χ0n) is 25.6. The van der Waals surface area contributed by atoms with Gasteiger partial charge in [0.05, 0.1) is 11.6 Å². The Balaban J connectivity index is 1.36. The number of aliphatic carboxylic acids is 1. The van der Waals surface area contributed by atoms with Gasteiger partial charge in [-0.15, -0.1) is 0 Å². The quantitative estimate of drug-likeness (QED) is 0.129. The average molecular weight is 544 g/mol. The number of hydrogen-bond donors (Lipinski definition) is 3. The third kappa shape index (κ3) is 6.05. The number of carboxylic acids is 1. The third-order valence-electron chi connectivity index (χ3n) is 12.4. The molecule has 0 aliphatic heterocycles. The highest BCUT2D eigenvalue weighted by atomic mass is 16.4. The van der Waals surface area contributed by atoms with Crippen LogP contribution >= 0.6 is 0 Å². The van der Waals surface area contributed by atoms with Crippen molar-refractivity contribution in [3.63, 3.8) is 0 Å². The molecule has 222 valence electrons. The monoisotopic (exact) mass is 543 g/mol. The number of Topliss-reactive ketones (excluding diaryl/α,β-unsaturated/α-hetero) is 1. The van der Waals surface area contributed by atoms with Crippen molar-refractivity contribution in [3.8, 4) is 0 Å². The predicted molar refractivity (Wildman–Crippen MR) is 157 cm³/mol. The van der Waals surface area contributed by atoms with E-state index in [1.165, 1.54) is 38.5 Å². The Kier molecular flexibility index (Phi) is 9.74.